The monoisotopic (exact) mass is 241 g/mol. The molecular formula is C11H23N5O. The molecule has 1 unspecified atom stereocenters. The first-order valence-electron chi connectivity index (χ1n) is 6.15. The van der Waals surface area contributed by atoms with Gasteiger partial charge in [0.25, 0.3) is 0 Å². The summed E-state index contributed by atoms with van der Waals surface area (Å²) in [5, 5.41) is 2.85. The fourth-order valence-corrected chi connectivity index (χ4v) is 1.86. The Morgan fingerprint density at radius 3 is 2.94 bits per heavy atom. The van der Waals surface area contributed by atoms with Crippen LogP contribution in [0.3, 0.4) is 0 Å². The Morgan fingerprint density at radius 1 is 1.71 bits per heavy atom. The Kier molecular flexibility index (Phi) is 5.21. The third-order valence-electron chi connectivity index (χ3n) is 2.72. The molecule has 6 heteroatoms. The molecule has 0 saturated carbocycles. The van der Waals surface area contributed by atoms with Crippen LogP contribution in [-0.2, 0) is 4.79 Å². The van der Waals surface area contributed by atoms with Gasteiger partial charge in [0.05, 0.1) is 0 Å². The summed E-state index contributed by atoms with van der Waals surface area (Å²) in [6, 6.07) is -0.175. The predicted molar refractivity (Wildman–Crippen MR) is 68.3 cm³/mol. The summed E-state index contributed by atoms with van der Waals surface area (Å²) in [4.78, 5) is 18.1. The van der Waals surface area contributed by atoms with Gasteiger partial charge in [-0.15, -0.1) is 0 Å². The lowest BCUT2D eigenvalue weighted by Crippen LogP contribution is -2.60. The van der Waals surface area contributed by atoms with E-state index in [0.717, 1.165) is 13.0 Å². The Bertz CT molecular complexity index is 290. The van der Waals surface area contributed by atoms with Crippen LogP contribution in [0.2, 0.25) is 0 Å². The van der Waals surface area contributed by atoms with Crippen LogP contribution < -0.4 is 16.6 Å². The number of hydrogen-bond donors (Lipinski definition) is 3. The zero-order valence-electron chi connectivity index (χ0n) is 10.9. The topological polar surface area (TPSA) is 82.8 Å². The number of hydrazine groups is 1. The van der Waals surface area contributed by atoms with Gasteiger partial charge < -0.3 is 10.2 Å². The molecule has 98 valence electrons. The summed E-state index contributed by atoms with van der Waals surface area (Å²) in [6.07, 6.45) is 0.744. The first kappa shape index (κ1) is 13.8. The lowest BCUT2D eigenvalue weighted by Gasteiger charge is -2.36. The Labute approximate surface area is 103 Å². The maximum absolute atomic E-state index is 11.7. The van der Waals surface area contributed by atoms with Gasteiger partial charge in [0.2, 0.25) is 11.9 Å². The zero-order chi connectivity index (χ0) is 12.8. The summed E-state index contributed by atoms with van der Waals surface area (Å²) in [5.41, 5.74) is 2.61. The molecule has 1 amide bonds. The minimum absolute atomic E-state index is 0.0475. The third kappa shape index (κ3) is 3.59. The van der Waals surface area contributed by atoms with E-state index >= 15 is 0 Å². The first-order valence-corrected chi connectivity index (χ1v) is 6.15. The number of aliphatic imine (C=N–C) groups is 1. The van der Waals surface area contributed by atoms with Crippen LogP contribution in [0.5, 0.6) is 0 Å². The van der Waals surface area contributed by atoms with E-state index in [1.807, 2.05) is 11.8 Å². The van der Waals surface area contributed by atoms with E-state index in [4.69, 9.17) is 5.84 Å². The Balaban J connectivity index is 2.78. The lowest BCUT2D eigenvalue weighted by atomic mass is 10.1. The number of guanidine groups is 1. The summed E-state index contributed by atoms with van der Waals surface area (Å²) in [5.74, 6) is 6.63. The van der Waals surface area contributed by atoms with Gasteiger partial charge in [0, 0.05) is 19.6 Å². The highest BCUT2D eigenvalue weighted by molar-refractivity contribution is 5.89. The molecule has 0 bridgehead atoms. The number of piperazine rings is 1. The van der Waals surface area contributed by atoms with Gasteiger partial charge in [-0.05, 0) is 12.3 Å². The minimum atomic E-state index is -0.175. The molecule has 1 aliphatic rings. The summed E-state index contributed by atoms with van der Waals surface area (Å²) in [6.45, 7) is 8.26. The lowest BCUT2D eigenvalue weighted by molar-refractivity contribution is -0.127. The van der Waals surface area contributed by atoms with Gasteiger partial charge in [0.15, 0.2) is 0 Å². The van der Waals surface area contributed by atoms with Crippen molar-refractivity contribution in [2.75, 3.05) is 19.6 Å². The summed E-state index contributed by atoms with van der Waals surface area (Å²) in [7, 11) is 0. The quantitative estimate of drug-likeness (QED) is 0.273. The maximum atomic E-state index is 11.7. The molecule has 1 rings (SSSR count). The number of rotatable bonds is 3. The van der Waals surface area contributed by atoms with Crippen molar-refractivity contribution in [2.24, 2.45) is 16.8 Å². The Morgan fingerprint density at radius 2 is 2.41 bits per heavy atom. The van der Waals surface area contributed by atoms with Crippen LogP contribution in [0.25, 0.3) is 0 Å². The second kappa shape index (κ2) is 6.44. The fourth-order valence-electron chi connectivity index (χ4n) is 1.86. The number of nitrogens with zero attached hydrogens (tertiary/aromatic N) is 2. The first-order chi connectivity index (χ1) is 8.10. The second-order valence-corrected chi connectivity index (χ2v) is 4.61. The molecule has 0 spiro atoms. The van der Waals surface area contributed by atoms with Gasteiger partial charge in [-0.3, -0.25) is 15.2 Å². The number of hydrogen-bond acceptors (Lipinski definition) is 3. The van der Waals surface area contributed by atoms with E-state index in [1.54, 1.807) is 0 Å². The van der Waals surface area contributed by atoms with Crippen LogP contribution in [0.4, 0.5) is 0 Å². The minimum Gasteiger partial charge on any atom is -0.353 e. The smallest absolute Gasteiger partial charge is 0.242 e. The van der Waals surface area contributed by atoms with Gasteiger partial charge in [-0.2, -0.15) is 0 Å². The van der Waals surface area contributed by atoms with Crippen LogP contribution in [-0.4, -0.2) is 42.4 Å². The fraction of sp³-hybridized carbons (Fsp3) is 0.818. The van der Waals surface area contributed by atoms with Crippen molar-refractivity contribution in [3.05, 3.63) is 0 Å². The van der Waals surface area contributed by atoms with Gasteiger partial charge >= 0.3 is 0 Å². The average molecular weight is 241 g/mol. The van der Waals surface area contributed by atoms with Crippen LogP contribution in [0.15, 0.2) is 4.99 Å². The SMILES string of the molecule is CCC1C(=O)NCCN1C(=NCC(C)C)NN. The largest absolute Gasteiger partial charge is 0.353 e. The van der Waals surface area contributed by atoms with E-state index in [-0.39, 0.29) is 11.9 Å². The van der Waals surface area contributed by atoms with E-state index in [1.165, 1.54) is 0 Å². The van der Waals surface area contributed by atoms with Crippen molar-refractivity contribution in [1.29, 1.82) is 0 Å². The molecule has 1 saturated heterocycles. The molecular weight excluding hydrogens is 218 g/mol. The van der Waals surface area contributed by atoms with Crippen molar-refractivity contribution in [2.45, 2.75) is 33.2 Å². The molecule has 0 aromatic rings. The van der Waals surface area contributed by atoms with Gasteiger partial charge in [-0.25, -0.2) is 5.84 Å². The molecule has 0 radical (unpaired) electrons. The molecule has 0 aromatic heterocycles. The highest BCUT2D eigenvalue weighted by Crippen LogP contribution is 2.08. The highest BCUT2D eigenvalue weighted by Gasteiger charge is 2.30. The van der Waals surface area contributed by atoms with Gasteiger partial charge in [-0.1, -0.05) is 20.8 Å². The predicted octanol–water partition coefficient (Wildman–Crippen LogP) is -0.328. The van der Waals surface area contributed by atoms with Crippen molar-refractivity contribution in [3.8, 4) is 0 Å². The zero-order valence-corrected chi connectivity index (χ0v) is 10.9. The van der Waals surface area contributed by atoms with E-state index in [2.05, 4.69) is 29.6 Å². The number of nitrogens with one attached hydrogen (secondary N) is 2. The van der Waals surface area contributed by atoms with Crippen molar-refractivity contribution < 1.29 is 4.79 Å². The Hall–Kier alpha value is -1.30. The van der Waals surface area contributed by atoms with E-state index in [9.17, 15) is 4.79 Å². The standard InChI is InChI=1S/C11H23N5O/c1-4-9-10(17)13-5-6-16(9)11(15-12)14-7-8(2)3/h8-9H,4-7,12H2,1-3H3,(H,13,17)(H,14,15). The number of carbonyl (C=O) groups excluding carboxylic acids is 1. The average Bonchev–Trinajstić information content (AvgIpc) is 2.29. The molecule has 1 heterocycles. The summed E-state index contributed by atoms with van der Waals surface area (Å²) >= 11 is 0. The van der Waals surface area contributed by atoms with Crippen LogP contribution in [0, 0.1) is 5.92 Å². The van der Waals surface area contributed by atoms with Crippen LogP contribution in [0.1, 0.15) is 27.2 Å². The molecule has 4 N–H and O–H groups in total. The normalized spacial score (nSPS) is 21.7. The molecule has 17 heavy (non-hydrogen) atoms. The number of nitrogens with two attached hydrogens (primary N) is 1. The number of amides is 1. The van der Waals surface area contributed by atoms with Crippen molar-refractivity contribution in [3.63, 3.8) is 0 Å². The number of carbonyl (C=O) groups is 1. The second-order valence-electron chi connectivity index (χ2n) is 4.61. The van der Waals surface area contributed by atoms with E-state index in [0.29, 0.717) is 25.0 Å². The maximum Gasteiger partial charge on any atom is 0.242 e. The van der Waals surface area contributed by atoms with Crippen LogP contribution >= 0.6 is 0 Å². The van der Waals surface area contributed by atoms with Crippen molar-refractivity contribution >= 4 is 11.9 Å². The third-order valence-corrected chi connectivity index (χ3v) is 2.72. The molecule has 6 nitrogen and oxygen atoms in total. The highest BCUT2D eigenvalue weighted by atomic mass is 16.2. The summed E-state index contributed by atoms with van der Waals surface area (Å²) < 4.78 is 0. The molecule has 0 aliphatic carbocycles. The molecule has 1 aliphatic heterocycles. The van der Waals surface area contributed by atoms with Crippen molar-refractivity contribution in [1.82, 2.24) is 15.6 Å². The molecule has 0 aromatic carbocycles. The van der Waals surface area contributed by atoms with Gasteiger partial charge in [0.1, 0.15) is 6.04 Å². The van der Waals surface area contributed by atoms with E-state index < -0.39 is 0 Å². The molecule has 1 fully saturated rings. The molecule has 1 atom stereocenters.